The third-order valence-electron chi connectivity index (χ3n) is 14.4. The Morgan fingerprint density at radius 2 is 1.04 bits per heavy atom. The molecule has 71 heavy (non-hydrogen) atoms. The molecule has 2 aromatic heterocycles. The van der Waals surface area contributed by atoms with Gasteiger partial charge < -0.3 is 19.1 Å². The Morgan fingerprint density at radius 1 is 0.479 bits per heavy atom. The molecular formula is C65H73N4OPt-3. The summed E-state index contributed by atoms with van der Waals surface area (Å²) in [4.78, 5) is 9.72. The van der Waals surface area contributed by atoms with E-state index in [1.54, 1.807) is 0 Å². The van der Waals surface area contributed by atoms with Gasteiger partial charge in [0.25, 0.3) is 0 Å². The summed E-state index contributed by atoms with van der Waals surface area (Å²) in [5.41, 5.74) is 14.1. The summed E-state index contributed by atoms with van der Waals surface area (Å²) in [5.74, 6) is 2.09. The molecule has 0 bridgehead atoms. The summed E-state index contributed by atoms with van der Waals surface area (Å²) >= 11 is 0. The zero-order chi connectivity index (χ0) is 50.5. The number of rotatable bonds is 7. The first-order chi connectivity index (χ1) is 32.6. The molecule has 0 fully saturated rings. The number of nitrogens with zero attached hydrogens (tertiary/aromatic N) is 4. The summed E-state index contributed by atoms with van der Waals surface area (Å²) in [6.07, 6.45) is 1.93. The number of benzene rings is 6. The summed E-state index contributed by atoms with van der Waals surface area (Å²) in [7, 11) is 0. The Bertz CT molecular complexity index is 3240. The van der Waals surface area contributed by atoms with E-state index < -0.39 is 5.41 Å². The molecule has 3 heterocycles. The van der Waals surface area contributed by atoms with E-state index in [4.69, 9.17) is 9.72 Å². The number of hydrogen-bond donors (Lipinski definition) is 0. The Kier molecular flexibility index (Phi) is 13.2. The van der Waals surface area contributed by atoms with E-state index in [1.165, 1.54) is 27.8 Å². The molecule has 6 heteroatoms. The molecule has 0 saturated carbocycles. The van der Waals surface area contributed by atoms with Gasteiger partial charge in [-0.05, 0) is 108 Å². The predicted octanol–water partition coefficient (Wildman–Crippen LogP) is 17.8. The first-order valence-electron chi connectivity index (χ1n) is 25.1. The van der Waals surface area contributed by atoms with Crippen LogP contribution in [0.1, 0.15) is 157 Å². The molecule has 0 amide bonds. The van der Waals surface area contributed by atoms with Crippen LogP contribution in [-0.2, 0) is 53.6 Å². The van der Waals surface area contributed by atoms with Crippen LogP contribution < -0.4 is 14.5 Å². The van der Waals surface area contributed by atoms with Gasteiger partial charge in [-0.25, -0.2) is 4.98 Å². The second-order valence-electron chi connectivity index (χ2n) is 25.3. The van der Waals surface area contributed by atoms with E-state index in [-0.39, 0.29) is 48.1 Å². The average Bonchev–Trinajstić information content (AvgIpc) is 3.83. The first-order valence-corrected chi connectivity index (χ1v) is 25.1. The van der Waals surface area contributed by atoms with E-state index in [9.17, 15) is 0 Å². The molecular weight excluding hydrogens is 1050 g/mol. The Morgan fingerprint density at radius 3 is 1.66 bits per heavy atom. The van der Waals surface area contributed by atoms with Gasteiger partial charge in [0.2, 0.25) is 0 Å². The van der Waals surface area contributed by atoms with Crippen molar-refractivity contribution in [2.75, 3.05) is 9.80 Å². The topological polar surface area (TPSA) is 33.5 Å². The van der Waals surface area contributed by atoms with Crippen LogP contribution in [0.5, 0.6) is 11.5 Å². The van der Waals surface area contributed by atoms with Gasteiger partial charge in [-0.15, -0.1) is 53.8 Å². The van der Waals surface area contributed by atoms with Gasteiger partial charge in [0.05, 0.1) is 0 Å². The second kappa shape index (κ2) is 18.1. The zero-order valence-electron chi connectivity index (χ0n) is 45.2. The van der Waals surface area contributed by atoms with Crippen LogP contribution >= 0.6 is 0 Å². The number of anilines is 4. The second-order valence-corrected chi connectivity index (χ2v) is 25.3. The van der Waals surface area contributed by atoms with Crippen LogP contribution in [0.4, 0.5) is 22.7 Å². The average molecular weight is 1120 g/mol. The minimum absolute atomic E-state index is 0. The van der Waals surface area contributed by atoms with E-state index in [0.29, 0.717) is 11.5 Å². The fraction of sp³-hybridized carbons (Fsp3) is 0.354. The van der Waals surface area contributed by atoms with Crippen molar-refractivity contribution in [1.82, 2.24) is 9.55 Å². The van der Waals surface area contributed by atoms with Gasteiger partial charge in [0.1, 0.15) is 5.82 Å². The van der Waals surface area contributed by atoms with Crippen molar-refractivity contribution in [2.45, 2.75) is 150 Å². The largest absolute Gasteiger partial charge is 0.509 e. The molecule has 6 aromatic carbocycles. The molecule has 1 aliphatic heterocycles. The first kappa shape index (κ1) is 51.7. The van der Waals surface area contributed by atoms with Crippen molar-refractivity contribution < 1.29 is 25.8 Å². The number of pyridine rings is 1. The van der Waals surface area contributed by atoms with Gasteiger partial charge in [0, 0.05) is 61.3 Å². The van der Waals surface area contributed by atoms with Crippen LogP contribution in [0.15, 0.2) is 128 Å². The molecule has 0 aliphatic carbocycles. The van der Waals surface area contributed by atoms with Crippen LogP contribution in [-0.4, -0.2) is 9.55 Å². The van der Waals surface area contributed by atoms with Gasteiger partial charge in [-0.3, -0.25) is 0 Å². The minimum Gasteiger partial charge on any atom is -0.509 e. The monoisotopic (exact) mass is 1120 g/mol. The van der Waals surface area contributed by atoms with Gasteiger partial charge >= 0.3 is 0 Å². The summed E-state index contributed by atoms with van der Waals surface area (Å²) < 4.78 is 9.50. The zero-order valence-corrected chi connectivity index (χ0v) is 47.5. The van der Waals surface area contributed by atoms with Gasteiger partial charge in [-0.1, -0.05) is 189 Å². The smallest absolute Gasteiger partial charge is 0.135 e. The third kappa shape index (κ3) is 9.98. The number of aromatic nitrogens is 2. The third-order valence-corrected chi connectivity index (χ3v) is 14.4. The predicted molar refractivity (Wildman–Crippen MR) is 296 cm³/mol. The molecule has 5 nitrogen and oxygen atoms in total. The van der Waals surface area contributed by atoms with Crippen molar-refractivity contribution in [1.29, 1.82) is 0 Å². The van der Waals surface area contributed by atoms with Crippen molar-refractivity contribution in [3.63, 3.8) is 0 Å². The standard InChI is InChI=1S/C65H73N4O.Pt/c1-60(2,3)43-27-28-55-56(36-43)68(48-32-45(62(7,8)9)31-46(33-48)63(10,11)12)41-67(55)49-34-47(64(13,14)15)35-50(38-49)70-51-39-53(65(16,17)42-23-19-18-20-24-42)59-52-25-21-22-26-54(52)69(57(59)40-51)58-37-44(29-30-66-58)61(4,5)6;/h18-37,39,41H,1-17H3;/q-3;. The van der Waals surface area contributed by atoms with Crippen LogP contribution in [0.3, 0.4) is 0 Å². The van der Waals surface area contributed by atoms with Gasteiger partial charge in [-0.2, -0.15) is 0 Å². The SMILES string of the molecule is CC(C)(C)c1cc(Oc2[c-]c3c(c(C(C)(C)c4ccccc4)c2)c2ccccc2n3-c2cc(C(C)(C)C)ccn2)[c-]c(N2[CH-]N(c3cc(C(C)(C)C)cc(C(C)(C)C)c3)c3cc(C(C)(C)C)ccc32)c1.[Pt]. The maximum absolute atomic E-state index is 7.23. The van der Waals surface area contributed by atoms with Crippen LogP contribution in [0.2, 0.25) is 0 Å². The van der Waals surface area contributed by atoms with E-state index >= 15 is 0 Å². The molecule has 1 aliphatic rings. The quantitative estimate of drug-likeness (QED) is 0.149. The summed E-state index contributed by atoms with van der Waals surface area (Å²) in [6.45, 7) is 41.1. The van der Waals surface area contributed by atoms with Crippen LogP contribution in [0, 0.1) is 18.8 Å². The van der Waals surface area contributed by atoms with Crippen molar-refractivity contribution in [2.24, 2.45) is 0 Å². The molecule has 0 saturated heterocycles. The number of ether oxygens (including phenoxy) is 1. The van der Waals surface area contributed by atoms with Gasteiger partial charge in [0.15, 0.2) is 0 Å². The number of hydrogen-bond acceptors (Lipinski definition) is 4. The summed E-state index contributed by atoms with van der Waals surface area (Å²) in [6, 6.07) is 52.2. The van der Waals surface area contributed by atoms with Crippen LogP contribution in [0.25, 0.3) is 27.6 Å². The molecule has 8 aromatic rings. The molecule has 0 radical (unpaired) electrons. The molecule has 9 rings (SSSR count). The normalized spacial score (nSPS) is 13.8. The Balaban J connectivity index is 0.00000676. The fourth-order valence-electron chi connectivity index (χ4n) is 9.70. The van der Waals surface area contributed by atoms with E-state index in [0.717, 1.165) is 61.5 Å². The number of para-hydroxylation sites is 1. The van der Waals surface area contributed by atoms with E-state index in [1.807, 2.05) is 6.20 Å². The molecule has 0 atom stereocenters. The molecule has 0 spiro atoms. The summed E-state index contributed by atoms with van der Waals surface area (Å²) in [5, 5.41) is 2.28. The fourth-order valence-corrected chi connectivity index (χ4v) is 9.70. The van der Waals surface area contributed by atoms with Crippen molar-refractivity contribution in [3.05, 3.63) is 185 Å². The molecule has 0 N–H and O–H groups in total. The maximum Gasteiger partial charge on any atom is 0.135 e. The number of fused-ring (bicyclic) bond motifs is 4. The molecule has 0 unspecified atom stereocenters. The Hall–Kier alpha value is -5.64. The molecule has 372 valence electrons. The van der Waals surface area contributed by atoms with Crippen molar-refractivity contribution >= 4 is 44.6 Å². The van der Waals surface area contributed by atoms with Crippen molar-refractivity contribution in [3.8, 4) is 17.3 Å². The van der Waals surface area contributed by atoms with E-state index in [2.05, 4.69) is 272 Å². The Labute approximate surface area is 439 Å². The minimum atomic E-state index is -0.411. The maximum atomic E-state index is 7.23.